The number of rotatable bonds is 5. The molecule has 0 saturated heterocycles. The summed E-state index contributed by atoms with van der Waals surface area (Å²) >= 11 is 0. The molecule has 0 rings (SSSR count). The number of aliphatic hydroxyl groups is 3. The molecule has 0 amide bonds. The zero-order valence-electron chi connectivity index (χ0n) is 6.63. The van der Waals surface area contributed by atoms with E-state index in [0.717, 1.165) is 19.4 Å². The lowest BCUT2D eigenvalue weighted by Gasteiger charge is -2.11. The minimum Gasteiger partial charge on any atom is -1.00 e. The maximum absolute atomic E-state index is 8.40. The molecule has 0 unspecified atom stereocenters. The van der Waals surface area contributed by atoms with Gasteiger partial charge in [-0.05, 0) is 6.42 Å². The maximum Gasteiger partial charge on any atom is 0.327 e. The number of nitrogens with two attached hydrogens (primary N) is 1. The summed E-state index contributed by atoms with van der Waals surface area (Å²) in [4.78, 5) is 0. The fraction of sp³-hybridized carbons (Fsp3) is 1.00. The van der Waals surface area contributed by atoms with Gasteiger partial charge < -0.3 is 37.6 Å². The van der Waals surface area contributed by atoms with Gasteiger partial charge in [0.2, 0.25) is 0 Å². The summed E-state index contributed by atoms with van der Waals surface area (Å²) in [7, 11) is 0. The first-order chi connectivity index (χ1) is 4.56. The topological polar surface area (TPSA) is 77.3 Å². The summed E-state index contributed by atoms with van der Waals surface area (Å²) in [5.41, 5.74) is 0. The molecule has 4 nitrogen and oxygen atoms in total. The number of hydrogen-bond acceptors (Lipinski definition) is 3. The first-order valence-electron chi connectivity index (χ1n) is 3.55. The van der Waals surface area contributed by atoms with Crippen LogP contribution in [0.1, 0.15) is 19.8 Å². The highest BCUT2D eigenvalue weighted by molar-refractivity contribution is 4.37. The van der Waals surface area contributed by atoms with Crippen LogP contribution >= 0.6 is 0 Å². The molecule has 5 N–H and O–H groups in total. The monoisotopic (exact) mass is 229 g/mol. The van der Waals surface area contributed by atoms with Crippen molar-refractivity contribution in [2.45, 2.75) is 25.7 Å². The minimum atomic E-state index is -2.51. The molecular weight excluding hydrogens is 214 g/mol. The molecule has 0 saturated carbocycles. The second-order valence-corrected chi connectivity index (χ2v) is 2.41. The Morgan fingerprint density at radius 1 is 1.27 bits per heavy atom. The predicted octanol–water partition coefficient (Wildman–Crippen LogP) is -5.02. The Labute approximate surface area is 77.0 Å². The Bertz CT molecular complexity index is 84.4. The Morgan fingerprint density at radius 2 is 1.82 bits per heavy atom. The predicted molar refractivity (Wildman–Crippen MR) is 36.0 cm³/mol. The van der Waals surface area contributed by atoms with E-state index in [4.69, 9.17) is 15.3 Å². The van der Waals surface area contributed by atoms with E-state index >= 15 is 0 Å². The third-order valence-electron chi connectivity index (χ3n) is 1.18. The van der Waals surface area contributed by atoms with Crippen LogP contribution in [0.3, 0.4) is 0 Å². The number of hydrogen-bond donors (Lipinski definition) is 4. The van der Waals surface area contributed by atoms with Gasteiger partial charge in [0.1, 0.15) is 0 Å². The van der Waals surface area contributed by atoms with Crippen LogP contribution in [0.15, 0.2) is 0 Å². The highest BCUT2D eigenvalue weighted by Crippen LogP contribution is 1.83. The first kappa shape index (κ1) is 13.9. The highest BCUT2D eigenvalue weighted by Gasteiger charge is 2.19. The Balaban J connectivity index is 0. The van der Waals surface area contributed by atoms with Gasteiger partial charge in [-0.15, -0.1) is 0 Å². The molecule has 0 atom stereocenters. The minimum absolute atomic E-state index is 0. The second kappa shape index (κ2) is 7.00. The van der Waals surface area contributed by atoms with Crippen LogP contribution in [0.4, 0.5) is 0 Å². The van der Waals surface area contributed by atoms with Gasteiger partial charge in [-0.25, -0.2) is 0 Å². The molecule has 5 heteroatoms. The fourth-order valence-electron chi connectivity index (χ4n) is 0.644. The molecule has 0 aliphatic carbocycles. The Morgan fingerprint density at radius 3 is 2.18 bits per heavy atom. The molecule has 70 valence electrons. The van der Waals surface area contributed by atoms with Crippen molar-refractivity contribution in [1.29, 1.82) is 0 Å². The number of halogens is 1. The molecule has 11 heavy (non-hydrogen) atoms. The van der Waals surface area contributed by atoms with Gasteiger partial charge in [-0.2, -0.15) is 0 Å². The van der Waals surface area contributed by atoms with Crippen molar-refractivity contribution in [3.05, 3.63) is 0 Å². The van der Waals surface area contributed by atoms with Crippen molar-refractivity contribution in [1.82, 2.24) is 0 Å². The van der Waals surface area contributed by atoms with Crippen LogP contribution in [0.5, 0.6) is 0 Å². The summed E-state index contributed by atoms with van der Waals surface area (Å²) in [5.74, 6) is -2.51. The zero-order chi connectivity index (χ0) is 8.04. The maximum atomic E-state index is 8.40. The van der Waals surface area contributed by atoms with E-state index < -0.39 is 5.97 Å². The summed E-state index contributed by atoms with van der Waals surface area (Å²) < 4.78 is 0. The molecule has 0 aliphatic heterocycles. The number of quaternary nitrogens is 1. The van der Waals surface area contributed by atoms with Crippen molar-refractivity contribution in [2.24, 2.45) is 0 Å². The Hall–Kier alpha value is 0.320. The average Bonchev–Trinajstić information content (AvgIpc) is 1.78. The third-order valence-corrected chi connectivity index (χ3v) is 1.18. The van der Waals surface area contributed by atoms with E-state index in [1.54, 1.807) is 5.32 Å². The van der Waals surface area contributed by atoms with E-state index in [2.05, 4.69) is 6.92 Å². The van der Waals surface area contributed by atoms with Gasteiger partial charge in [-0.1, -0.05) is 13.3 Å². The van der Waals surface area contributed by atoms with Crippen molar-refractivity contribution in [3.8, 4) is 0 Å². The number of unbranched alkanes of at least 4 members (excludes halogenated alkanes) is 1. The van der Waals surface area contributed by atoms with Gasteiger partial charge in [0.25, 0.3) is 0 Å². The molecule has 0 radical (unpaired) electrons. The Kier molecular flexibility index (Phi) is 8.83. The largest absolute Gasteiger partial charge is 1.00 e. The normalized spacial score (nSPS) is 10.9. The molecular formula is C6H16BrNO3. The van der Waals surface area contributed by atoms with Crippen LogP contribution in [-0.4, -0.2) is 34.4 Å². The standard InChI is InChI=1S/C6H15NO3.BrH/c1-2-3-4-7-5-6(8,9)10;/h7-10H,2-5H2,1H3;1H. The van der Waals surface area contributed by atoms with Gasteiger partial charge in [0.05, 0.1) is 6.54 Å². The second-order valence-electron chi connectivity index (χ2n) is 2.41. The molecule has 0 aromatic rings. The average molecular weight is 230 g/mol. The summed E-state index contributed by atoms with van der Waals surface area (Å²) in [5, 5.41) is 26.9. The van der Waals surface area contributed by atoms with E-state index in [0.29, 0.717) is 0 Å². The molecule has 0 heterocycles. The van der Waals surface area contributed by atoms with Crippen LogP contribution in [-0.2, 0) is 0 Å². The van der Waals surface area contributed by atoms with E-state index in [-0.39, 0.29) is 23.5 Å². The van der Waals surface area contributed by atoms with Crippen LogP contribution < -0.4 is 22.3 Å². The molecule has 0 spiro atoms. The van der Waals surface area contributed by atoms with Crippen molar-refractivity contribution in [3.63, 3.8) is 0 Å². The van der Waals surface area contributed by atoms with Gasteiger partial charge in [-0.3, -0.25) is 0 Å². The molecule has 0 aromatic heterocycles. The third kappa shape index (κ3) is 13.3. The lowest BCUT2D eigenvalue weighted by atomic mass is 10.3. The molecule has 0 aromatic carbocycles. The zero-order valence-corrected chi connectivity index (χ0v) is 8.21. The molecule has 0 aliphatic rings. The van der Waals surface area contributed by atoms with Gasteiger partial charge in [0, 0.05) is 0 Å². The van der Waals surface area contributed by atoms with Gasteiger partial charge >= 0.3 is 5.97 Å². The van der Waals surface area contributed by atoms with Crippen molar-refractivity contribution >= 4 is 0 Å². The molecule has 0 bridgehead atoms. The van der Waals surface area contributed by atoms with Crippen molar-refractivity contribution in [2.75, 3.05) is 13.1 Å². The van der Waals surface area contributed by atoms with Crippen molar-refractivity contribution < 1.29 is 37.6 Å². The van der Waals surface area contributed by atoms with E-state index in [1.165, 1.54) is 0 Å². The smallest absolute Gasteiger partial charge is 0.327 e. The summed E-state index contributed by atoms with van der Waals surface area (Å²) in [6.45, 7) is 2.80. The lowest BCUT2D eigenvalue weighted by Crippen LogP contribution is -3.00. The quantitative estimate of drug-likeness (QED) is 0.282. The SMILES string of the molecule is CCCC[NH2+]CC(O)(O)O.[Br-]. The lowest BCUT2D eigenvalue weighted by molar-refractivity contribution is -0.688. The van der Waals surface area contributed by atoms with E-state index in [1.807, 2.05) is 0 Å². The highest BCUT2D eigenvalue weighted by atomic mass is 79.9. The fourth-order valence-corrected chi connectivity index (χ4v) is 0.644. The summed E-state index contributed by atoms with van der Waals surface area (Å²) in [6, 6.07) is 0. The van der Waals surface area contributed by atoms with Crippen LogP contribution in [0.2, 0.25) is 0 Å². The van der Waals surface area contributed by atoms with E-state index in [9.17, 15) is 0 Å². The van der Waals surface area contributed by atoms with Gasteiger partial charge in [0.15, 0.2) is 6.54 Å². The molecule has 0 fully saturated rings. The first-order valence-corrected chi connectivity index (χ1v) is 3.55. The summed E-state index contributed by atoms with van der Waals surface area (Å²) in [6.07, 6.45) is 2.10. The van der Waals surface area contributed by atoms with Crippen LogP contribution in [0, 0.1) is 0 Å². The van der Waals surface area contributed by atoms with Crippen LogP contribution in [0.25, 0.3) is 0 Å².